The van der Waals surface area contributed by atoms with Gasteiger partial charge in [0.2, 0.25) is 0 Å². The van der Waals surface area contributed by atoms with Crippen LogP contribution in [0.25, 0.3) is 0 Å². The van der Waals surface area contributed by atoms with Crippen molar-refractivity contribution in [1.29, 1.82) is 0 Å². The van der Waals surface area contributed by atoms with Crippen molar-refractivity contribution in [2.45, 2.75) is 38.1 Å². The van der Waals surface area contributed by atoms with E-state index >= 15 is 0 Å². The third-order valence-corrected chi connectivity index (χ3v) is 5.93. The number of hydrogen-bond acceptors (Lipinski definition) is 4. The van der Waals surface area contributed by atoms with E-state index in [2.05, 4.69) is 5.32 Å². The van der Waals surface area contributed by atoms with Gasteiger partial charge in [-0.2, -0.15) is 0 Å². The van der Waals surface area contributed by atoms with E-state index in [0.29, 0.717) is 18.7 Å². The molecule has 2 rings (SSSR count). The van der Waals surface area contributed by atoms with Crippen LogP contribution < -0.4 is 5.32 Å². The molecule has 0 bridgehead atoms. The lowest BCUT2D eigenvalue weighted by Gasteiger charge is -2.25. The topological polar surface area (TPSA) is 83.5 Å². The van der Waals surface area contributed by atoms with Gasteiger partial charge in [0.25, 0.3) is 0 Å². The highest BCUT2D eigenvalue weighted by atomic mass is 32.2. The highest BCUT2D eigenvalue weighted by Gasteiger charge is 2.33. The number of rotatable bonds is 4. The lowest BCUT2D eigenvalue weighted by Crippen LogP contribution is -2.43. The number of carboxylic acid groups (broad SMARTS) is 1. The van der Waals surface area contributed by atoms with Gasteiger partial charge < -0.3 is 10.4 Å². The highest BCUT2D eigenvalue weighted by Crippen LogP contribution is 2.31. The van der Waals surface area contributed by atoms with Crippen molar-refractivity contribution in [1.82, 2.24) is 5.32 Å². The van der Waals surface area contributed by atoms with Gasteiger partial charge in [-0.05, 0) is 38.1 Å². The quantitative estimate of drug-likeness (QED) is 0.787. The largest absolute Gasteiger partial charge is 0.481 e. The molecule has 0 spiro atoms. The first-order chi connectivity index (χ1) is 8.48. The van der Waals surface area contributed by atoms with Crippen molar-refractivity contribution in [2.24, 2.45) is 11.8 Å². The SMILES string of the molecule is O=C(O)C1CCCC1CNC1CCCS(=O)(=O)C1. The highest BCUT2D eigenvalue weighted by molar-refractivity contribution is 7.91. The van der Waals surface area contributed by atoms with Gasteiger partial charge in [0.15, 0.2) is 9.84 Å². The van der Waals surface area contributed by atoms with E-state index in [9.17, 15) is 13.2 Å². The van der Waals surface area contributed by atoms with Crippen molar-refractivity contribution in [2.75, 3.05) is 18.1 Å². The monoisotopic (exact) mass is 275 g/mol. The van der Waals surface area contributed by atoms with Gasteiger partial charge >= 0.3 is 5.97 Å². The number of carboxylic acids is 1. The molecule has 18 heavy (non-hydrogen) atoms. The second-order valence-corrected chi connectivity index (χ2v) is 7.73. The minimum Gasteiger partial charge on any atom is -0.481 e. The van der Waals surface area contributed by atoms with Crippen molar-refractivity contribution >= 4 is 15.8 Å². The van der Waals surface area contributed by atoms with Crippen molar-refractivity contribution in [3.63, 3.8) is 0 Å². The van der Waals surface area contributed by atoms with Crippen LogP contribution in [0.5, 0.6) is 0 Å². The molecular weight excluding hydrogens is 254 g/mol. The molecule has 0 aromatic heterocycles. The zero-order valence-corrected chi connectivity index (χ0v) is 11.3. The van der Waals surface area contributed by atoms with Crippen molar-refractivity contribution in [3.05, 3.63) is 0 Å². The van der Waals surface area contributed by atoms with Crippen molar-refractivity contribution in [3.8, 4) is 0 Å². The summed E-state index contributed by atoms with van der Waals surface area (Å²) in [5, 5.41) is 12.3. The Kier molecular flexibility index (Phi) is 4.27. The molecule has 6 heteroatoms. The van der Waals surface area contributed by atoms with Crippen LogP contribution in [0.15, 0.2) is 0 Å². The van der Waals surface area contributed by atoms with E-state index in [1.54, 1.807) is 0 Å². The summed E-state index contributed by atoms with van der Waals surface area (Å²) in [6.45, 7) is 0.636. The Labute approximate surface area is 108 Å². The molecule has 2 N–H and O–H groups in total. The Hall–Kier alpha value is -0.620. The van der Waals surface area contributed by atoms with Crippen LogP contribution in [0, 0.1) is 11.8 Å². The van der Waals surface area contributed by atoms with Gasteiger partial charge in [-0.25, -0.2) is 8.42 Å². The Morgan fingerprint density at radius 3 is 2.67 bits per heavy atom. The Morgan fingerprint density at radius 2 is 2.00 bits per heavy atom. The molecule has 1 heterocycles. The third-order valence-electron chi connectivity index (χ3n) is 4.11. The van der Waals surface area contributed by atoms with Crippen LogP contribution in [0.3, 0.4) is 0 Å². The third kappa shape index (κ3) is 3.45. The summed E-state index contributed by atoms with van der Waals surface area (Å²) in [5.74, 6) is -0.301. The fraction of sp³-hybridized carbons (Fsp3) is 0.917. The summed E-state index contributed by atoms with van der Waals surface area (Å²) in [4.78, 5) is 11.0. The number of aliphatic carboxylic acids is 1. The molecule has 2 fully saturated rings. The first kappa shape index (κ1) is 13.8. The zero-order valence-electron chi connectivity index (χ0n) is 10.5. The van der Waals surface area contributed by atoms with E-state index < -0.39 is 15.8 Å². The second-order valence-electron chi connectivity index (χ2n) is 5.50. The molecule has 1 aliphatic carbocycles. The lowest BCUT2D eigenvalue weighted by molar-refractivity contribution is -0.142. The Bertz CT molecular complexity index is 406. The van der Waals surface area contributed by atoms with Gasteiger partial charge in [-0.3, -0.25) is 4.79 Å². The molecule has 0 amide bonds. The number of hydrogen-bond donors (Lipinski definition) is 2. The van der Waals surface area contributed by atoms with Crippen LogP contribution >= 0.6 is 0 Å². The predicted octanol–water partition coefficient (Wildman–Crippen LogP) is 0.654. The minimum atomic E-state index is -2.89. The van der Waals surface area contributed by atoms with Crippen LogP contribution in [0.2, 0.25) is 0 Å². The van der Waals surface area contributed by atoms with Crippen LogP contribution in [-0.4, -0.2) is 43.6 Å². The molecule has 3 unspecified atom stereocenters. The molecule has 0 aromatic rings. The molecule has 0 aromatic carbocycles. The fourth-order valence-electron chi connectivity index (χ4n) is 3.11. The molecule has 1 saturated heterocycles. The van der Waals surface area contributed by atoms with Gasteiger partial charge in [-0.1, -0.05) is 6.42 Å². The predicted molar refractivity (Wildman–Crippen MR) is 68.1 cm³/mol. The maximum Gasteiger partial charge on any atom is 0.306 e. The lowest BCUT2D eigenvalue weighted by atomic mass is 9.96. The molecule has 2 aliphatic rings. The summed E-state index contributed by atoms with van der Waals surface area (Å²) >= 11 is 0. The molecule has 104 valence electrons. The Morgan fingerprint density at radius 1 is 1.22 bits per heavy atom. The van der Waals surface area contributed by atoms with E-state index in [1.807, 2.05) is 0 Å². The second kappa shape index (κ2) is 5.57. The molecule has 1 aliphatic heterocycles. The maximum atomic E-state index is 11.5. The molecule has 3 atom stereocenters. The first-order valence-corrected chi connectivity index (χ1v) is 8.47. The fourth-order valence-corrected chi connectivity index (χ4v) is 4.78. The normalized spacial score (nSPS) is 35.4. The summed E-state index contributed by atoms with van der Waals surface area (Å²) in [7, 11) is -2.89. The summed E-state index contributed by atoms with van der Waals surface area (Å²) in [5.41, 5.74) is 0. The average molecular weight is 275 g/mol. The van der Waals surface area contributed by atoms with Crippen LogP contribution in [-0.2, 0) is 14.6 Å². The Balaban J connectivity index is 1.82. The van der Waals surface area contributed by atoms with E-state index in [1.165, 1.54) is 0 Å². The van der Waals surface area contributed by atoms with Gasteiger partial charge in [0, 0.05) is 6.04 Å². The molecule has 1 saturated carbocycles. The van der Waals surface area contributed by atoms with Gasteiger partial charge in [0.05, 0.1) is 17.4 Å². The standard InChI is InChI=1S/C12H21NO4S/c14-12(15)11-5-1-3-9(11)7-13-10-4-2-6-18(16,17)8-10/h9-11,13H,1-8H2,(H,14,15). The van der Waals surface area contributed by atoms with Crippen LogP contribution in [0.4, 0.5) is 0 Å². The number of sulfone groups is 1. The molecule has 5 nitrogen and oxygen atoms in total. The smallest absolute Gasteiger partial charge is 0.306 e. The summed E-state index contributed by atoms with van der Waals surface area (Å²) < 4.78 is 23.0. The van der Waals surface area contributed by atoms with Gasteiger partial charge in [-0.15, -0.1) is 0 Å². The molecular formula is C12H21NO4S. The first-order valence-electron chi connectivity index (χ1n) is 6.64. The average Bonchev–Trinajstić information content (AvgIpc) is 2.73. The minimum absolute atomic E-state index is 0.0128. The summed E-state index contributed by atoms with van der Waals surface area (Å²) in [6.07, 6.45) is 4.25. The van der Waals surface area contributed by atoms with Gasteiger partial charge in [0.1, 0.15) is 0 Å². The number of carbonyl (C=O) groups is 1. The van der Waals surface area contributed by atoms with E-state index in [0.717, 1.165) is 25.7 Å². The van der Waals surface area contributed by atoms with E-state index in [-0.39, 0.29) is 23.6 Å². The van der Waals surface area contributed by atoms with Crippen LogP contribution in [0.1, 0.15) is 32.1 Å². The summed E-state index contributed by atoms with van der Waals surface area (Å²) in [6, 6.07) is 0.0128. The van der Waals surface area contributed by atoms with E-state index in [4.69, 9.17) is 5.11 Å². The zero-order chi connectivity index (χ0) is 13.2. The molecule has 0 radical (unpaired) electrons. The maximum absolute atomic E-state index is 11.5. The number of nitrogens with one attached hydrogen (secondary N) is 1. The van der Waals surface area contributed by atoms with Crippen molar-refractivity contribution < 1.29 is 18.3 Å².